The van der Waals surface area contributed by atoms with Crippen LogP contribution in [0, 0.1) is 16.7 Å². The standard InChI is InChI=1S/C20H28NO.H2O4S/c1-19(2)17-11-12-20(19,3)18(22)16(17)13-14-7-9-15(10-8-14)21(4,5)6;1-5(2,3)4/h7-10,13,17H,11-12H2,1-6H3;(H2,1,2,3,4)/q+1;/p-1. The molecular weight excluding hydrogens is 366 g/mol. The zero-order valence-electron chi connectivity index (χ0n) is 16.8. The summed E-state index contributed by atoms with van der Waals surface area (Å²) in [5.41, 5.74) is 3.40. The van der Waals surface area contributed by atoms with Crippen LogP contribution in [0.4, 0.5) is 5.69 Å². The van der Waals surface area contributed by atoms with Gasteiger partial charge in [0.25, 0.3) is 0 Å². The second-order valence-corrected chi connectivity index (χ2v) is 9.96. The van der Waals surface area contributed by atoms with Crippen LogP contribution in [0.15, 0.2) is 29.8 Å². The highest BCUT2D eigenvalue weighted by Crippen LogP contribution is 2.65. The first-order chi connectivity index (χ1) is 12.1. The molecule has 2 unspecified atom stereocenters. The maximum Gasteiger partial charge on any atom is 0.215 e. The largest absolute Gasteiger partial charge is 0.726 e. The number of hydrogen-bond acceptors (Lipinski definition) is 4. The number of ketones is 1. The van der Waals surface area contributed by atoms with Crippen molar-refractivity contribution < 1.29 is 22.3 Å². The van der Waals surface area contributed by atoms with E-state index in [0.29, 0.717) is 11.7 Å². The van der Waals surface area contributed by atoms with Gasteiger partial charge in [0.05, 0.1) is 21.1 Å². The lowest BCUT2D eigenvalue weighted by Crippen LogP contribution is -2.34. The molecule has 150 valence electrons. The van der Waals surface area contributed by atoms with E-state index < -0.39 is 10.4 Å². The number of carbonyl (C=O) groups is 1. The highest BCUT2D eigenvalue weighted by Gasteiger charge is 2.63. The molecule has 2 aliphatic rings. The number of allylic oxidation sites excluding steroid dienone is 1. The van der Waals surface area contributed by atoms with Gasteiger partial charge in [-0.15, -0.1) is 0 Å². The summed E-state index contributed by atoms with van der Waals surface area (Å²) in [4.78, 5) is 12.9. The molecule has 7 heteroatoms. The van der Waals surface area contributed by atoms with Crippen LogP contribution in [0.5, 0.6) is 0 Å². The van der Waals surface area contributed by atoms with Crippen molar-refractivity contribution in [1.82, 2.24) is 4.48 Å². The zero-order chi connectivity index (χ0) is 20.8. The highest BCUT2D eigenvalue weighted by molar-refractivity contribution is 7.79. The van der Waals surface area contributed by atoms with Crippen molar-refractivity contribution >= 4 is 27.9 Å². The van der Waals surface area contributed by atoms with Gasteiger partial charge >= 0.3 is 0 Å². The molecule has 1 aromatic rings. The Bertz CT molecular complexity index is 855. The van der Waals surface area contributed by atoms with E-state index in [1.165, 1.54) is 5.69 Å². The second kappa shape index (κ2) is 6.81. The van der Waals surface area contributed by atoms with Crippen molar-refractivity contribution in [1.29, 1.82) is 0 Å². The molecule has 0 aliphatic heterocycles. The minimum Gasteiger partial charge on any atom is -0.726 e. The predicted octanol–water partition coefficient (Wildman–Crippen LogP) is 3.30. The molecular formula is C20H29NO5S. The van der Waals surface area contributed by atoms with Crippen molar-refractivity contribution in [3.63, 3.8) is 0 Å². The van der Waals surface area contributed by atoms with Crippen LogP contribution in [-0.4, -0.2) is 44.4 Å². The summed E-state index contributed by atoms with van der Waals surface area (Å²) in [5.74, 6) is 0.799. The third kappa shape index (κ3) is 4.32. The number of Topliss-reactive ketones (excluding diaryl/α,β-unsaturated/α-hetero) is 1. The molecule has 1 N–H and O–H groups in total. The van der Waals surface area contributed by atoms with Gasteiger partial charge in [-0.1, -0.05) is 20.8 Å². The molecule has 2 aliphatic carbocycles. The molecule has 0 aromatic heterocycles. The average Bonchev–Trinajstić information content (AvgIpc) is 2.79. The minimum atomic E-state index is -4.92. The molecule has 3 rings (SSSR count). The van der Waals surface area contributed by atoms with Crippen molar-refractivity contribution in [2.45, 2.75) is 33.6 Å². The highest BCUT2D eigenvalue weighted by atomic mass is 32.3. The molecule has 0 spiro atoms. The first kappa shape index (κ1) is 21.8. The smallest absolute Gasteiger partial charge is 0.215 e. The summed E-state index contributed by atoms with van der Waals surface area (Å²) in [6.45, 7) is 6.70. The molecule has 0 amide bonds. The average molecular weight is 396 g/mol. The fourth-order valence-electron chi connectivity index (χ4n) is 4.29. The lowest BCUT2D eigenvalue weighted by atomic mass is 9.70. The third-order valence-electron chi connectivity index (χ3n) is 6.35. The summed E-state index contributed by atoms with van der Waals surface area (Å²) < 4.78 is 33.6. The zero-order valence-corrected chi connectivity index (χ0v) is 17.6. The summed E-state index contributed by atoms with van der Waals surface area (Å²) in [6.07, 6.45) is 4.33. The fraction of sp³-hybridized carbons (Fsp3) is 0.550. The molecule has 27 heavy (non-hydrogen) atoms. The van der Waals surface area contributed by atoms with Gasteiger partial charge in [-0.05, 0) is 65.7 Å². The Morgan fingerprint density at radius 1 is 1.15 bits per heavy atom. The van der Waals surface area contributed by atoms with Gasteiger partial charge in [0, 0.05) is 5.41 Å². The van der Waals surface area contributed by atoms with E-state index in [2.05, 4.69) is 72.3 Å². The Morgan fingerprint density at radius 3 is 2.00 bits per heavy atom. The second-order valence-electron chi connectivity index (χ2n) is 9.11. The van der Waals surface area contributed by atoms with Crippen molar-refractivity contribution in [2.75, 3.05) is 21.1 Å². The van der Waals surface area contributed by atoms with E-state index in [1.807, 2.05) is 0 Å². The quantitative estimate of drug-likeness (QED) is 0.359. The molecule has 0 radical (unpaired) electrons. The predicted molar refractivity (Wildman–Crippen MR) is 106 cm³/mol. The van der Waals surface area contributed by atoms with Crippen LogP contribution >= 0.6 is 0 Å². The Labute approximate surface area is 162 Å². The SMILES string of the molecule is CC12CCC(C(=Cc3ccc([N+](C)(C)C)cc3)C1=O)C2(C)C.O=S(=O)([O-])O. The Hall–Kier alpha value is -1.54. The first-order valence-electron chi connectivity index (χ1n) is 8.94. The van der Waals surface area contributed by atoms with Gasteiger partial charge in [0.2, 0.25) is 10.4 Å². The van der Waals surface area contributed by atoms with Crippen molar-refractivity contribution in [3.8, 4) is 0 Å². The van der Waals surface area contributed by atoms with Gasteiger partial charge < -0.3 is 4.55 Å². The van der Waals surface area contributed by atoms with E-state index >= 15 is 0 Å². The van der Waals surface area contributed by atoms with Gasteiger partial charge in [-0.2, -0.15) is 0 Å². The number of rotatable bonds is 2. The van der Waals surface area contributed by atoms with Crippen LogP contribution in [0.3, 0.4) is 0 Å². The molecule has 0 saturated heterocycles. The summed E-state index contributed by atoms with van der Waals surface area (Å²) in [5, 5.41) is 0. The topological polar surface area (TPSA) is 94.5 Å². The molecule has 6 nitrogen and oxygen atoms in total. The Kier molecular flexibility index (Phi) is 5.49. The minimum absolute atomic E-state index is 0.0954. The van der Waals surface area contributed by atoms with Crippen LogP contribution in [-0.2, 0) is 15.2 Å². The normalized spacial score (nSPS) is 28.2. The number of nitrogens with zero attached hydrogens (tertiary/aromatic N) is 1. The van der Waals surface area contributed by atoms with Gasteiger partial charge in [-0.25, -0.2) is 8.42 Å². The first-order valence-corrected chi connectivity index (χ1v) is 10.3. The number of quaternary nitrogens is 1. The van der Waals surface area contributed by atoms with Gasteiger partial charge in [0.1, 0.15) is 5.69 Å². The van der Waals surface area contributed by atoms with Gasteiger partial charge in [-0.3, -0.25) is 13.8 Å². The van der Waals surface area contributed by atoms with Crippen LogP contribution in [0.1, 0.15) is 39.2 Å². The number of benzene rings is 1. The van der Waals surface area contributed by atoms with Crippen LogP contribution in [0.2, 0.25) is 0 Å². The monoisotopic (exact) mass is 395 g/mol. The summed E-state index contributed by atoms with van der Waals surface area (Å²) in [6, 6.07) is 8.61. The van der Waals surface area contributed by atoms with E-state index in [-0.39, 0.29) is 10.8 Å². The van der Waals surface area contributed by atoms with E-state index in [9.17, 15) is 4.79 Å². The van der Waals surface area contributed by atoms with Crippen molar-refractivity contribution in [2.24, 2.45) is 16.7 Å². The molecule has 2 saturated carbocycles. The lowest BCUT2D eigenvalue weighted by molar-refractivity contribution is -0.125. The van der Waals surface area contributed by atoms with Crippen LogP contribution < -0.4 is 4.48 Å². The lowest BCUT2D eigenvalue weighted by Gasteiger charge is -2.31. The maximum absolute atomic E-state index is 12.9. The number of carbonyl (C=O) groups excluding carboxylic acids is 1. The Balaban J connectivity index is 0.000000465. The van der Waals surface area contributed by atoms with Crippen molar-refractivity contribution in [3.05, 3.63) is 35.4 Å². The number of fused-ring (bicyclic) bond motifs is 2. The maximum atomic E-state index is 12.9. The van der Waals surface area contributed by atoms with E-state index in [0.717, 1.165) is 28.5 Å². The molecule has 2 atom stereocenters. The molecule has 0 heterocycles. The van der Waals surface area contributed by atoms with Gasteiger partial charge in [0.15, 0.2) is 5.78 Å². The fourth-order valence-corrected chi connectivity index (χ4v) is 4.29. The Morgan fingerprint density at radius 2 is 1.63 bits per heavy atom. The van der Waals surface area contributed by atoms with E-state index in [1.54, 1.807) is 0 Å². The molecule has 2 bridgehead atoms. The molecule has 2 fully saturated rings. The third-order valence-corrected chi connectivity index (χ3v) is 6.35. The van der Waals surface area contributed by atoms with E-state index in [4.69, 9.17) is 17.5 Å². The summed E-state index contributed by atoms with van der Waals surface area (Å²) >= 11 is 0. The molecule has 1 aromatic carbocycles. The summed E-state index contributed by atoms with van der Waals surface area (Å²) in [7, 11) is 1.57. The number of hydrogen-bond donors (Lipinski definition) is 1. The van der Waals surface area contributed by atoms with Crippen LogP contribution in [0.25, 0.3) is 6.08 Å².